The van der Waals surface area contributed by atoms with Crippen LogP contribution in [-0.2, 0) is 0 Å². The van der Waals surface area contributed by atoms with Crippen molar-refractivity contribution in [1.29, 1.82) is 0 Å². The fourth-order valence-corrected chi connectivity index (χ4v) is 2.90. The molecule has 2 aliphatic rings. The summed E-state index contributed by atoms with van der Waals surface area (Å²) in [5.41, 5.74) is -1.65. The first-order valence-electron chi connectivity index (χ1n) is 5.01. The van der Waals surface area contributed by atoms with E-state index in [9.17, 15) is 13.2 Å². The third-order valence-electron chi connectivity index (χ3n) is 3.68. The highest BCUT2D eigenvalue weighted by atomic mass is 19.4. The van der Waals surface area contributed by atoms with Crippen LogP contribution in [0.1, 0.15) is 19.3 Å². The highest BCUT2D eigenvalue weighted by Crippen LogP contribution is 2.45. The van der Waals surface area contributed by atoms with Crippen molar-refractivity contribution in [3.05, 3.63) is 0 Å². The molecule has 0 spiro atoms. The van der Waals surface area contributed by atoms with Crippen molar-refractivity contribution in [3.8, 4) is 0 Å². The summed E-state index contributed by atoms with van der Waals surface area (Å²) in [6.07, 6.45) is -2.38. The van der Waals surface area contributed by atoms with E-state index in [-0.39, 0.29) is 12.5 Å². The van der Waals surface area contributed by atoms with Crippen LogP contribution in [-0.4, -0.2) is 42.8 Å². The Morgan fingerprint density at radius 1 is 1.36 bits per heavy atom. The van der Waals surface area contributed by atoms with E-state index in [0.29, 0.717) is 13.0 Å². The Morgan fingerprint density at radius 3 is 2.64 bits per heavy atom. The number of fused-ring (bicyclic) bond motifs is 1. The maximum atomic E-state index is 13.0. The number of nitrogens with one attached hydrogen (secondary N) is 1. The minimum atomic E-state index is -4.13. The smallest absolute Gasteiger partial charge is 0.305 e. The van der Waals surface area contributed by atoms with Crippen molar-refractivity contribution in [2.75, 3.05) is 20.1 Å². The minimum absolute atomic E-state index is 0.192. The van der Waals surface area contributed by atoms with Crippen LogP contribution in [0.2, 0.25) is 0 Å². The number of hydrogen-bond acceptors (Lipinski definition) is 2. The molecule has 0 radical (unpaired) electrons. The lowest BCUT2D eigenvalue weighted by Crippen LogP contribution is -2.61. The molecule has 0 saturated carbocycles. The van der Waals surface area contributed by atoms with E-state index in [1.165, 1.54) is 7.05 Å². The second-order valence-corrected chi connectivity index (χ2v) is 4.16. The molecule has 0 aliphatic carbocycles. The summed E-state index contributed by atoms with van der Waals surface area (Å²) in [6, 6.07) is -0.340. The van der Waals surface area contributed by atoms with Crippen LogP contribution in [0.25, 0.3) is 0 Å². The zero-order chi connectivity index (χ0) is 10.4. The summed E-state index contributed by atoms with van der Waals surface area (Å²) < 4.78 is 38.9. The Morgan fingerprint density at radius 2 is 2.07 bits per heavy atom. The second-order valence-electron chi connectivity index (χ2n) is 4.16. The van der Waals surface area contributed by atoms with Gasteiger partial charge in [-0.2, -0.15) is 13.2 Å². The quantitative estimate of drug-likeness (QED) is 0.700. The first-order valence-corrected chi connectivity index (χ1v) is 5.01. The molecule has 82 valence electrons. The van der Waals surface area contributed by atoms with Crippen molar-refractivity contribution in [2.24, 2.45) is 0 Å². The van der Waals surface area contributed by atoms with E-state index in [2.05, 4.69) is 5.32 Å². The first-order chi connectivity index (χ1) is 6.51. The largest absolute Gasteiger partial charge is 0.408 e. The van der Waals surface area contributed by atoms with E-state index < -0.39 is 11.7 Å². The predicted molar refractivity (Wildman–Crippen MR) is 47.1 cm³/mol. The van der Waals surface area contributed by atoms with Crippen molar-refractivity contribution >= 4 is 0 Å². The van der Waals surface area contributed by atoms with E-state index in [1.54, 1.807) is 0 Å². The van der Waals surface area contributed by atoms with Gasteiger partial charge in [0.15, 0.2) is 0 Å². The van der Waals surface area contributed by atoms with Crippen molar-refractivity contribution in [3.63, 3.8) is 0 Å². The fraction of sp³-hybridized carbons (Fsp3) is 1.00. The van der Waals surface area contributed by atoms with Gasteiger partial charge in [-0.1, -0.05) is 0 Å². The van der Waals surface area contributed by atoms with Gasteiger partial charge in [-0.3, -0.25) is 4.90 Å². The first kappa shape index (κ1) is 10.2. The Hall–Kier alpha value is -0.290. The number of halogens is 3. The van der Waals surface area contributed by atoms with Crippen LogP contribution in [0.5, 0.6) is 0 Å². The van der Waals surface area contributed by atoms with Gasteiger partial charge < -0.3 is 5.32 Å². The molecule has 2 atom stereocenters. The van der Waals surface area contributed by atoms with Crippen LogP contribution < -0.4 is 5.32 Å². The molecule has 5 heteroatoms. The monoisotopic (exact) mass is 208 g/mol. The Labute approximate surface area is 81.5 Å². The Balaban J connectivity index is 2.28. The SMILES string of the molecule is CNC1(C(F)(F)F)CCN2CCCC21. The van der Waals surface area contributed by atoms with Gasteiger partial charge in [0.25, 0.3) is 0 Å². The van der Waals surface area contributed by atoms with Crippen molar-refractivity contribution in [2.45, 2.75) is 37.0 Å². The Bertz CT molecular complexity index is 229. The molecule has 2 fully saturated rings. The number of rotatable bonds is 1. The zero-order valence-corrected chi connectivity index (χ0v) is 8.19. The van der Waals surface area contributed by atoms with E-state index >= 15 is 0 Å². The third-order valence-corrected chi connectivity index (χ3v) is 3.68. The average molecular weight is 208 g/mol. The molecule has 14 heavy (non-hydrogen) atoms. The molecule has 1 N–H and O–H groups in total. The fourth-order valence-electron chi connectivity index (χ4n) is 2.90. The van der Waals surface area contributed by atoms with Gasteiger partial charge in [-0.05, 0) is 32.9 Å². The molecule has 2 heterocycles. The Kier molecular flexibility index (Phi) is 2.27. The van der Waals surface area contributed by atoms with E-state index in [1.807, 2.05) is 4.90 Å². The summed E-state index contributed by atoms with van der Waals surface area (Å²) in [4.78, 5) is 1.96. The lowest BCUT2D eigenvalue weighted by Gasteiger charge is -2.36. The maximum Gasteiger partial charge on any atom is 0.408 e. The zero-order valence-electron chi connectivity index (χ0n) is 8.19. The summed E-state index contributed by atoms with van der Waals surface area (Å²) >= 11 is 0. The van der Waals surface area contributed by atoms with Crippen molar-refractivity contribution in [1.82, 2.24) is 10.2 Å². The molecule has 0 bridgehead atoms. The number of hydrogen-bond donors (Lipinski definition) is 1. The van der Waals surface area contributed by atoms with Crippen LogP contribution in [0.4, 0.5) is 13.2 Å². The third kappa shape index (κ3) is 1.18. The number of alkyl halides is 3. The van der Waals surface area contributed by atoms with E-state index in [0.717, 1.165) is 13.0 Å². The van der Waals surface area contributed by atoms with E-state index in [4.69, 9.17) is 0 Å². The highest BCUT2D eigenvalue weighted by molar-refractivity contribution is 5.11. The van der Waals surface area contributed by atoms with Crippen LogP contribution in [0.3, 0.4) is 0 Å². The molecule has 0 amide bonds. The van der Waals surface area contributed by atoms with Gasteiger partial charge >= 0.3 is 6.18 Å². The van der Waals surface area contributed by atoms with Gasteiger partial charge in [0.1, 0.15) is 5.54 Å². The minimum Gasteiger partial charge on any atom is -0.305 e. The molecular formula is C9H15F3N2. The lowest BCUT2D eigenvalue weighted by molar-refractivity contribution is -0.200. The summed E-state index contributed by atoms with van der Waals surface area (Å²) in [5.74, 6) is 0. The van der Waals surface area contributed by atoms with Crippen molar-refractivity contribution < 1.29 is 13.2 Å². The topological polar surface area (TPSA) is 15.3 Å². The average Bonchev–Trinajstić information content (AvgIpc) is 2.60. The highest BCUT2D eigenvalue weighted by Gasteiger charge is 2.63. The molecule has 2 aliphatic heterocycles. The number of likely N-dealkylation sites (N-methyl/N-ethyl adjacent to an activating group) is 1. The molecule has 2 saturated heterocycles. The van der Waals surface area contributed by atoms with Crippen LogP contribution >= 0.6 is 0 Å². The van der Waals surface area contributed by atoms with Gasteiger partial charge in [0.2, 0.25) is 0 Å². The van der Waals surface area contributed by atoms with Gasteiger partial charge in [0.05, 0.1) is 0 Å². The van der Waals surface area contributed by atoms with Crippen LogP contribution in [0, 0.1) is 0 Å². The van der Waals surface area contributed by atoms with Gasteiger partial charge in [-0.15, -0.1) is 0 Å². The molecule has 0 aromatic rings. The summed E-state index contributed by atoms with van der Waals surface area (Å²) in [5, 5.41) is 2.52. The summed E-state index contributed by atoms with van der Waals surface area (Å²) in [6.45, 7) is 1.40. The molecule has 2 unspecified atom stereocenters. The molecule has 0 aromatic carbocycles. The molecule has 2 nitrogen and oxygen atoms in total. The molecule has 2 rings (SSSR count). The lowest BCUT2D eigenvalue weighted by atomic mass is 9.88. The molecule has 0 aromatic heterocycles. The van der Waals surface area contributed by atoms with Crippen LogP contribution in [0.15, 0.2) is 0 Å². The predicted octanol–water partition coefficient (Wildman–Crippen LogP) is 1.37. The molecular weight excluding hydrogens is 193 g/mol. The number of nitrogens with zero attached hydrogens (tertiary/aromatic N) is 1. The van der Waals surface area contributed by atoms with Gasteiger partial charge in [0, 0.05) is 12.6 Å². The standard InChI is InChI=1S/C9H15F3N2/c1-13-8(9(10,11)12)4-6-14-5-2-3-7(8)14/h7,13H,2-6H2,1H3. The normalized spacial score (nSPS) is 39.0. The van der Waals surface area contributed by atoms with Gasteiger partial charge in [-0.25, -0.2) is 0 Å². The second kappa shape index (κ2) is 3.10. The summed E-state index contributed by atoms with van der Waals surface area (Å²) in [7, 11) is 1.43. The maximum absolute atomic E-state index is 13.0.